The molecule has 1 aromatic carbocycles. The zero-order valence-electron chi connectivity index (χ0n) is 11.1. The van der Waals surface area contributed by atoms with Crippen molar-refractivity contribution < 1.29 is 15.2 Å². The topological polar surface area (TPSA) is 46.1 Å². The molecule has 0 fully saturated rings. The zero-order valence-corrected chi connectivity index (χ0v) is 11.1. The molecule has 0 unspecified atom stereocenters. The van der Waals surface area contributed by atoms with Crippen molar-refractivity contribution in [3.05, 3.63) is 28.8 Å². The van der Waals surface area contributed by atoms with Gasteiger partial charge in [0, 0.05) is 6.42 Å². The average molecular weight is 238 g/mol. The van der Waals surface area contributed by atoms with Crippen molar-refractivity contribution in [2.75, 3.05) is 26.3 Å². The standard InChI is InChI=1S/C14H23NO2/c1-11-9-12(2)14(13(3)10-11)17-8-4-5-15-6-7-16/h9-10,15-16H,4-8H2,1-3H3/p+1. The van der Waals surface area contributed by atoms with Crippen molar-refractivity contribution in [3.63, 3.8) is 0 Å². The summed E-state index contributed by atoms with van der Waals surface area (Å²) in [6.07, 6.45) is 1.01. The molecule has 0 bridgehead atoms. The smallest absolute Gasteiger partial charge is 0.125 e. The number of aryl methyl sites for hydroxylation is 3. The van der Waals surface area contributed by atoms with Gasteiger partial charge in [0.2, 0.25) is 0 Å². The molecule has 0 aliphatic carbocycles. The van der Waals surface area contributed by atoms with Crippen LogP contribution >= 0.6 is 0 Å². The maximum absolute atomic E-state index is 8.64. The van der Waals surface area contributed by atoms with Crippen LogP contribution in [0.15, 0.2) is 12.1 Å². The van der Waals surface area contributed by atoms with Gasteiger partial charge >= 0.3 is 0 Å². The Balaban J connectivity index is 2.36. The minimum absolute atomic E-state index is 0.247. The van der Waals surface area contributed by atoms with Gasteiger partial charge in [-0.15, -0.1) is 0 Å². The van der Waals surface area contributed by atoms with Crippen LogP contribution in [0, 0.1) is 20.8 Å². The highest BCUT2D eigenvalue weighted by molar-refractivity contribution is 5.42. The van der Waals surface area contributed by atoms with Gasteiger partial charge in [-0.05, 0) is 31.9 Å². The molecular formula is C14H24NO2+. The molecule has 0 aromatic heterocycles. The van der Waals surface area contributed by atoms with Crippen molar-refractivity contribution in [3.8, 4) is 5.75 Å². The van der Waals surface area contributed by atoms with Crippen LogP contribution in [0.3, 0.4) is 0 Å². The summed E-state index contributed by atoms with van der Waals surface area (Å²) in [5, 5.41) is 10.7. The summed E-state index contributed by atoms with van der Waals surface area (Å²) in [5.74, 6) is 1.03. The predicted molar refractivity (Wildman–Crippen MR) is 69.5 cm³/mol. The average Bonchev–Trinajstić information content (AvgIpc) is 2.26. The second-order valence-corrected chi connectivity index (χ2v) is 4.52. The number of rotatable bonds is 7. The summed E-state index contributed by atoms with van der Waals surface area (Å²) in [5.41, 5.74) is 3.70. The molecule has 3 N–H and O–H groups in total. The van der Waals surface area contributed by atoms with E-state index in [-0.39, 0.29) is 6.61 Å². The monoisotopic (exact) mass is 238 g/mol. The molecule has 0 atom stereocenters. The molecule has 1 aromatic rings. The fraction of sp³-hybridized carbons (Fsp3) is 0.571. The Kier molecular flexibility index (Phi) is 6.01. The van der Waals surface area contributed by atoms with Crippen LogP contribution < -0.4 is 10.1 Å². The largest absolute Gasteiger partial charge is 0.493 e. The molecule has 3 heteroatoms. The molecule has 0 aliphatic heterocycles. The number of hydrogen-bond donors (Lipinski definition) is 2. The lowest BCUT2D eigenvalue weighted by Crippen LogP contribution is -2.85. The van der Waals surface area contributed by atoms with E-state index in [1.807, 2.05) is 0 Å². The fourth-order valence-electron chi connectivity index (χ4n) is 2.03. The Morgan fingerprint density at radius 1 is 1.12 bits per heavy atom. The van der Waals surface area contributed by atoms with Gasteiger partial charge in [0.05, 0.1) is 26.3 Å². The second-order valence-electron chi connectivity index (χ2n) is 4.52. The highest BCUT2D eigenvalue weighted by atomic mass is 16.5. The fourth-order valence-corrected chi connectivity index (χ4v) is 2.03. The van der Waals surface area contributed by atoms with Crippen molar-refractivity contribution in [1.29, 1.82) is 0 Å². The number of ether oxygens (including phenoxy) is 1. The van der Waals surface area contributed by atoms with E-state index in [1.54, 1.807) is 0 Å². The summed E-state index contributed by atoms with van der Waals surface area (Å²) < 4.78 is 5.82. The first kappa shape index (κ1) is 14.0. The highest BCUT2D eigenvalue weighted by Gasteiger charge is 2.04. The molecule has 0 saturated carbocycles. The first-order valence-electron chi connectivity index (χ1n) is 6.28. The van der Waals surface area contributed by atoms with Gasteiger partial charge in [-0.3, -0.25) is 0 Å². The van der Waals surface area contributed by atoms with Gasteiger partial charge in [-0.2, -0.15) is 0 Å². The van der Waals surface area contributed by atoms with Gasteiger partial charge in [0.25, 0.3) is 0 Å². The van der Waals surface area contributed by atoms with Crippen LogP contribution in [-0.2, 0) is 0 Å². The Labute approximate surface area is 104 Å². The Morgan fingerprint density at radius 2 is 1.76 bits per heavy atom. The molecule has 3 nitrogen and oxygen atoms in total. The van der Waals surface area contributed by atoms with Gasteiger partial charge in [-0.25, -0.2) is 0 Å². The van der Waals surface area contributed by atoms with Crippen LogP contribution in [0.1, 0.15) is 23.1 Å². The van der Waals surface area contributed by atoms with Crippen LogP contribution in [-0.4, -0.2) is 31.4 Å². The Morgan fingerprint density at radius 3 is 2.35 bits per heavy atom. The van der Waals surface area contributed by atoms with Crippen LogP contribution in [0.4, 0.5) is 0 Å². The molecule has 1 rings (SSSR count). The van der Waals surface area contributed by atoms with E-state index >= 15 is 0 Å². The molecular weight excluding hydrogens is 214 g/mol. The lowest BCUT2D eigenvalue weighted by atomic mass is 10.1. The predicted octanol–water partition coefficient (Wildman–Crippen LogP) is 0.936. The van der Waals surface area contributed by atoms with Crippen molar-refractivity contribution >= 4 is 0 Å². The first-order valence-corrected chi connectivity index (χ1v) is 6.28. The van der Waals surface area contributed by atoms with Crippen molar-refractivity contribution in [2.24, 2.45) is 0 Å². The molecule has 0 spiro atoms. The third kappa shape index (κ3) is 4.75. The molecule has 0 heterocycles. The number of benzene rings is 1. The van der Waals surface area contributed by atoms with Gasteiger partial charge in [0.15, 0.2) is 0 Å². The molecule has 0 radical (unpaired) electrons. The molecule has 17 heavy (non-hydrogen) atoms. The van der Waals surface area contributed by atoms with E-state index < -0.39 is 0 Å². The molecule has 0 aliphatic rings. The summed E-state index contributed by atoms with van der Waals surface area (Å²) in [6.45, 7) is 9.06. The van der Waals surface area contributed by atoms with Crippen LogP contribution in [0.25, 0.3) is 0 Å². The number of hydrogen-bond acceptors (Lipinski definition) is 2. The van der Waals surface area contributed by atoms with Gasteiger partial charge in [0.1, 0.15) is 5.75 Å². The van der Waals surface area contributed by atoms with E-state index in [4.69, 9.17) is 9.84 Å². The van der Waals surface area contributed by atoms with Crippen LogP contribution in [0.2, 0.25) is 0 Å². The molecule has 96 valence electrons. The van der Waals surface area contributed by atoms with Crippen LogP contribution in [0.5, 0.6) is 5.75 Å². The zero-order chi connectivity index (χ0) is 12.7. The van der Waals surface area contributed by atoms with E-state index in [2.05, 4.69) is 38.2 Å². The summed E-state index contributed by atoms with van der Waals surface area (Å²) in [4.78, 5) is 0. The van der Waals surface area contributed by atoms with E-state index in [0.717, 1.165) is 31.9 Å². The summed E-state index contributed by atoms with van der Waals surface area (Å²) in [6, 6.07) is 4.31. The normalized spacial score (nSPS) is 10.6. The number of aliphatic hydroxyl groups excluding tert-OH is 1. The van der Waals surface area contributed by atoms with E-state index in [1.165, 1.54) is 16.7 Å². The molecule has 0 amide bonds. The number of nitrogens with two attached hydrogens (primary N) is 1. The van der Waals surface area contributed by atoms with Crippen molar-refractivity contribution in [2.45, 2.75) is 27.2 Å². The number of quaternary nitrogens is 1. The minimum atomic E-state index is 0.247. The highest BCUT2D eigenvalue weighted by Crippen LogP contribution is 2.24. The van der Waals surface area contributed by atoms with Gasteiger partial charge in [-0.1, -0.05) is 17.7 Å². The third-order valence-electron chi connectivity index (χ3n) is 2.74. The lowest BCUT2D eigenvalue weighted by molar-refractivity contribution is -0.656. The van der Waals surface area contributed by atoms with E-state index in [0.29, 0.717) is 0 Å². The summed E-state index contributed by atoms with van der Waals surface area (Å²) in [7, 11) is 0. The maximum Gasteiger partial charge on any atom is 0.125 e. The van der Waals surface area contributed by atoms with Gasteiger partial charge < -0.3 is 15.2 Å². The minimum Gasteiger partial charge on any atom is -0.493 e. The third-order valence-corrected chi connectivity index (χ3v) is 2.74. The first-order chi connectivity index (χ1) is 8.15. The Bertz CT molecular complexity index is 327. The second kappa shape index (κ2) is 7.30. The quantitative estimate of drug-likeness (QED) is 0.694. The summed E-state index contributed by atoms with van der Waals surface area (Å²) >= 11 is 0. The van der Waals surface area contributed by atoms with E-state index in [9.17, 15) is 0 Å². The number of aliphatic hydroxyl groups is 1. The SMILES string of the molecule is Cc1cc(C)c(OCCC[NH2+]CCO)c(C)c1. The molecule has 0 saturated heterocycles. The maximum atomic E-state index is 8.64. The van der Waals surface area contributed by atoms with Crippen molar-refractivity contribution in [1.82, 2.24) is 0 Å². The lowest BCUT2D eigenvalue weighted by Gasteiger charge is -2.12. The Hall–Kier alpha value is -1.06.